The van der Waals surface area contributed by atoms with Crippen LogP contribution in [0.3, 0.4) is 0 Å². The second-order valence-electron chi connectivity index (χ2n) is 8.44. The molecule has 0 saturated heterocycles. The van der Waals surface area contributed by atoms with E-state index in [1.165, 1.54) is 11.1 Å². The van der Waals surface area contributed by atoms with Gasteiger partial charge in [0.2, 0.25) is 0 Å². The summed E-state index contributed by atoms with van der Waals surface area (Å²) in [5, 5.41) is 2.82. The van der Waals surface area contributed by atoms with Gasteiger partial charge in [-0.15, -0.1) is 0 Å². The highest BCUT2D eigenvalue weighted by Gasteiger charge is 2.19. The Morgan fingerprint density at radius 3 is 2.51 bits per heavy atom. The lowest BCUT2D eigenvalue weighted by Crippen LogP contribution is -2.31. The first-order valence-electron chi connectivity index (χ1n) is 11.7. The van der Waals surface area contributed by atoms with Gasteiger partial charge in [-0.1, -0.05) is 55.6 Å². The monoisotopic (exact) mass is 470 g/mol. The molecule has 1 amide bonds. The standard InChI is InChI=1S/C18H20O2.C12H14N2O/c1-13(2)18-16(19-4)10-7-11-17(18)20-12-15-9-6-5-8-14(15)3;1-3-4-8(2)11-7-9-10(14-11)5-6-13-12(9)15/h5-11H,1,12H2,2-4H3;3-4,7,14H,2,5-6H2,1H3,(H,13,15)/b;4-3-. The Kier molecular flexibility index (Phi) is 8.74. The molecular formula is C30H34N2O3. The number of allylic oxidation sites excluding steroid dienone is 4. The summed E-state index contributed by atoms with van der Waals surface area (Å²) in [6.07, 6.45) is 4.72. The summed E-state index contributed by atoms with van der Waals surface area (Å²) in [6, 6.07) is 15.9. The number of carbonyl (C=O) groups is 1. The van der Waals surface area contributed by atoms with Crippen LogP contribution in [0.1, 0.15) is 52.3 Å². The number of hydrogen-bond acceptors (Lipinski definition) is 3. The summed E-state index contributed by atoms with van der Waals surface area (Å²) < 4.78 is 11.3. The van der Waals surface area contributed by atoms with Crippen molar-refractivity contribution in [1.82, 2.24) is 10.3 Å². The van der Waals surface area contributed by atoms with Gasteiger partial charge < -0.3 is 19.8 Å². The minimum atomic E-state index is 0.00651. The lowest BCUT2D eigenvalue weighted by Gasteiger charge is -2.15. The molecule has 3 aromatic rings. The number of nitrogens with one attached hydrogen (secondary N) is 2. The molecule has 2 heterocycles. The lowest BCUT2D eigenvalue weighted by molar-refractivity contribution is 0.0946. The van der Waals surface area contributed by atoms with Crippen LogP contribution < -0.4 is 14.8 Å². The molecule has 4 rings (SSSR count). The van der Waals surface area contributed by atoms with Crippen molar-refractivity contribution >= 4 is 17.1 Å². The van der Waals surface area contributed by atoms with Crippen LogP contribution in [0, 0.1) is 6.92 Å². The molecule has 0 radical (unpaired) electrons. The SMILES string of the molecule is C=C(/C=C\C)c1cc2c([nH]1)CCNC2=O.C=C(C)c1c(OC)cccc1OCc1ccccc1C. The van der Waals surface area contributed by atoms with Crippen molar-refractivity contribution in [3.63, 3.8) is 0 Å². The Labute approximate surface area is 208 Å². The number of aryl methyl sites for hydroxylation is 1. The highest BCUT2D eigenvalue weighted by atomic mass is 16.5. The van der Waals surface area contributed by atoms with Gasteiger partial charge in [0, 0.05) is 24.4 Å². The smallest absolute Gasteiger partial charge is 0.253 e. The molecule has 5 heteroatoms. The number of aromatic amines is 1. The summed E-state index contributed by atoms with van der Waals surface area (Å²) in [5.74, 6) is 1.60. The molecule has 0 bridgehead atoms. The van der Waals surface area contributed by atoms with Crippen LogP contribution in [0.25, 0.3) is 11.1 Å². The number of amides is 1. The van der Waals surface area contributed by atoms with Crippen LogP contribution in [0.5, 0.6) is 11.5 Å². The van der Waals surface area contributed by atoms with Crippen LogP contribution in [0.2, 0.25) is 0 Å². The minimum absolute atomic E-state index is 0.00651. The third kappa shape index (κ3) is 6.33. The van der Waals surface area contributed by atoms with E-state index in [-0.39, 0.29) is 5.91 Å². The lowest BCUT2D eigenvalue weighted by atomic mass is 10.1. The van der Waals surface area contributed by atoms with Crippen molar-refractivity contribution in [2.45, 2.75) is 33.8 Å². The van der Waals surface area contributed by atoms with E-state index in [1.54, 1.807) is 7.11 Å². The molecule has 5 nitrogen and oxygen atoms in total. The van der Waals surface area contributed by atoms with Gasteiger partial charge in [-0.05, 0) is 61.2 Å². The fraction of sp³-hybridized carbons (Fsp3) is 0.233. The molecule has 182 valence electrons. The minimum Gasteiger partial charge on any atom is -0.496 e. The number of fused-ring (bicyclic) bond motifs is 1. The molecule has 1 aliphatic heterocycles. The second-order valence-corrected chi connectivity index (χ2v) is 8.44. The Morgan fingerprint density at radius 2 is 1.86 bits per heavy atom. The average molecular weight is 471 g/mol. The predicted octanol–water partition coefficient (Wildman–Crippen LogP) is 6.51. The topological polar surface area (TPSA) is 63.4 Å². The van der Waals surface area contributed by atoms with Crippen LogP contribution in [0.4, 0.5) is 0 Å². The van der Waals surface area contributed by atoms with E-state index in [0.29, 0.717) is 13.2 Å². The number of carbonyl (C=O) groups excluding carboxylic acids is 1. The maximum absolute atomic E-state index is 11.5. The maximum Gasteiger partial charge on any atom is 0.253 e. The number of aromatic nitrogens is 1. The molecule has 0 fully saturated rings. The number of ether oxygens (including phenoxy) is 2. The molecule has 35 heavy (non-hydrogen) atoms. The van der Waals surface area contributed by atoms with E-state index < -0.39 is 0 Å². The first kappa shape index (κ1) is 25.6. The van der Waals surface area contributed by atoms with Gasteiger partial charge in [-0.3, -0.25) is 4.79 Å². The summed E-state index contributed by atoms with van der Waals surface area (Å²) in [4.78, 5) is 14.7. The Hall–Kier alpha value is -3.99. The molecular weight excluding hydrogens is 436 g/mol. The molecule has 0 spiro atoms. The molecule has 0 unspecified atom stereocenters. The quantitative estimate of drug-likeness (QED) is 0.387. The van der Waals surface area contributed by atoms with Crippen LogP contribution >= 0.6 is 0 Å². The number of hydrogen-bond donors (Lipinski definition) is 2. The molecule has 0 atom stereocenters. The van der Waals surface area contributed by atoms with E-state index >= 15 is 0 Å². The highest BCUT2D eigenvalue weighted by Crippen LogP contribution is 2.34. The van der Waals surface area contributed by atoms with Crippen LogP contribution in [-0.4, -0.2) is 24.5 Å². The first-order valence-corrected chi connectivity index (χ1v) is 11.7. The normalized spacial score (nSPS) is 12.3. The van der Waals surface area contributed by atoms with Crippen molar-refractivity contribution in [1.29, 1.82) is 0 Å². The Balaban J connectivity index is 0.000000203. The molecule has 1 aliphatic rings. The summed E-state index contributed by atoms with van der Waals surface area (Å²) in [7, 11) is 1.66. The van der Waals surface area contributed by atoms with Gasteiger partial charge in [0.25, 0.3) is 5.91 Å². The van der Waals surface area contributed by atoms with E-state index in [0.717, 1.165) is 51.6 Å². The predicted molar refractivity (Wildman–Crippen MR) is 144 cm³/mol. The summed E-state index contributed by atoms with van der Waals surface area (Å²) in [5.41, 5.74) is 7.87. The van der Waals surface area contributed by atoms with Crippen molar-refractivity contribution in [2.24, 2.45) is 0 Å². The van der Waals surface area contributed by atoms with Crippen LogP contribution in [0.15, 0.2) is 73.8 Å². The molecule has 0 aliphatic carbocycles. The van der Waals surface area contributed by atoms with E-state index in [1.807, 2.05) is 62.4 Å². The van der Waals surface area contributed by atoms with E-state index in [2.05, 4.69) is 42.5 Å². The Bertz CT molecular complexity index is 1250. The fourth-order valence-corrected chi connectivity index (χ4v) is 3.91. The van der Waals surface area contributed by atoms with Gasteiger partial charge >= 0.3 is 0 Å². The molecule has 1 aromatic heterocycles. The first-order chi connectivity index (χ1) is 16.8. The second kappa shape index (κ2) is 11.9. The molecule has 0 saturated carbocycles. The van der Waals surface area contributed by atoms with Crippen molar-refractivity contribution in [3.8, 4) is 11.5 Å². The van der Waals surface area contributed by atoms with Crippen molar-refractivity contribution < 1.29 is 14.3 Å². The zero-order valence-electron chi connectivity index (χ0n) is 21.0. The van der Waals surface area contributed by atoms with E-state index in [4.69, 9.17) is 9.47 Å². The fourth-order valence-electron chi connectivity index (χ4n) is 3.91. The van der Waals surface area contributed by atoms with Gasteiger partial charge in [0.1, 0.15) is 18.1 Å². The van der Waals surface area contributed by atoms with Gasteiger partial charge in [-0.25, -0.2) is 0 Å². The van der Waals surface area contributed by atoms with Gasteiger partial charge in [0.05, 0.1) is 18.2 Å². The summed E-state index contributed by atoms with van der Waals surface area (Å²) in [6.45, 7) is 15.2. The molecule has 2 N–H and O–H groups in total. The van der Waals surface area contributed by atoms with Crippen molar-refractivity contribution in [3.05, 3.63) is 107 Å². The maximum atomic E-state index is 11.5. The van der Waals surface area contributed by atoms with Crippen LogP contribution in [-0.2, 0) is 13.0 Å². The third-order valence-electron chi connectivity index (χ3n) is 5.80. The van der Waals surface area contributed by atoms with E-state index in [9.17, 15) is 4.79 Å². The van der Waals surface area contributed by atoms with Crippen molar-refractivity contribution in [2.75, 3.05) is 13.7 Å². The number of H-pyrrole nitrogens is 1. The average Bonchev–Trinajstić information content (AvgIpc) is 3.30. The zero-order chi connectivity index (χ0) is 25.4. The Morgan fingerprint density at radius 1 is 1.11 bits per heavy atom. The molecule has 2 aromatic carbocycles. The number of rotatable bonds is 7. The summed E-state index contributed by atoms with van der Waals surface area (Å²) >= 11 is 0. The largest absolute Gasteiger partial charge is 0.496 e. The van der Waals surface area contributed by atoms with Gasteiger partial charge in [-0.2, -0.15) is 0 Å². The number of methoxy groups -OCH3 is 1. The number of benzene rings is 2. The van der Waals surface area contributed by atoms with Gasteiger partial charge in [0.15, 0.2) is 0 Å². The highest BCUT2D eigenvalue weighted by molar-refractivity contribution is 5.97. The zero-order valence-corrected chi connectivity index (χ0v) is 21.0. The third-order valence-corrected chi connectivity index (χ3v) is 5.80.